The number of fused-ring (bicyclic) bond motifs is 2. The topological polar surface area (TPSA) is 72.2 Å². The highest BCUT2D eigenvalue weighted by molar-refractivity contribution is 7.19. The first-order valence-corrected chi connectivity index (χ1v) is 9.83. The van der Waals surface area contributed by atoms with E-state index in [-0.39, 0.29) is 0 Å². The molecule has 0 atom stereocenters. The van der Waals surface area contributed by atoms with Crippen LogP contribution in [0.2, 0.25) is 5.28 Å². The Balaban J connectivity index is 1.42. The number of rotatable bonds is 3. The van der Waals surface area contributed by atoms with Crippen LogP contribution < -0.4 is 4.90 Å². The van der Waals surface area contributed by atoms with Gasteiger partial charge in [0.05, 0.1) is 30.0 Å². The van der Waals surface area contributed by atoms with Crippen molar-refractivity contribution in [2.24, 2.45) is 0 Å². The van der Waals surface area contributed by atoms with Crippen molar-refractivity contribution in [1.29, 1.82) is 0 Å². The number of halogens is 1. The summed E-state index contributed by atoms with van der Waals surface area (Å²) in [6, 6.07) is 2.14. The van der Waals surface area contributed by atoms with Crippen LogP contribution in [-0.4, -0.2) is 62.5 Å². The van der Waals surface area contributed by atoms with E-state index in [1.807, 2.05) is 0 Å². The van der Waals surface area contributed by atoms with Crippen LogP contribution in [0.3, 0.4) is 0 Å². The highest BCUT2D eigenvalue weighted by atomic mass is 35.5. The number of ether oxygens (including phenoxy) is 1. The van der Waals surface area contributed by atoms with Crippen LogP contribution in [0.25, 0.3) is 10.2 Å². The first-order chi connectivity index (χ1) is 12.8. The van der Waals surface area contributed by atoms with Crippen molar-refractivity contribution in [1.82, 2.24) is 29.6 Å². The van der Waals surface area contributed by atoms with Gasteiger partial charge in [0.2, 0.25) is 5.28 Å². The van der Waals surface area contributed by atoms with Crippen molar-refractivity contribution in [3.8, 4) is 0 Å². The van der Waals surface area contributed by atoms with Gasteiger partial charge in [0.15, 0.2) is 5.82 Å². The zero-order valence-corrected chi connectivity index (χ0v) is 15.7. The molecule has 136 valence electrons. The van der Waals surface area contributed by atoms with E-state index in [0.717, 1.165) is 74.3 Å². The summed E-state index contributed by atoms with van der Waals surface area (Å²) < 4.78 is 8.67. The lowest BCUT2D eigenvalue weighted by molar-refractivity contribution is 0.122. The number of hydrogen-bond acceptors (Lipinski definition) is 8. The highest BCUT2D eigenvalue weighted by Crippen LogP contribution is 2.34. The lowest BCUT2D eigenvalue weighted by Crippen LogP contribution is -2.36. The molecule has 0 N–H and O–H groups in total. The molecule has 3 aromatic rings. The summed E-state index contributed by atoms with van der Waals surface area (Å²) in [5.41, 5.74) is 0.923. The molecule has 3 aromatic heterocycles. The van der Waals surface area contributed by atoms with Gasteiger partial charge in [-0.25, -0.2) is 4.98 Å². The smallest absolute Gasteiger partial charge is 0.224 e. The predicted molar refractivity (Wildman–Crippen MR) is 99.6 cm³/mol. The Kier molecular flexibility index (Phi) is 4.24. The number of anilines is 1. The van der Waals surface area contributed by atoms with Gasteiger partial charge in [-0.1, -0.05) is 0 Å². The molecule has 0 amide bonds. The van der Waals surface area contributed by atoms with Crippen LogP contribution in [0.1, 0.15) is 10.7 Å². The monoisotopic (exact) mass is 391 g/mol. The number of hydrogen-bond donors (Lipinski definition) is 0. The van der Waals surface area contributed by atoms with Gasteiger partial charge >= 0.3 is 0 Å². The summed E-state index contributed by atoms with van der Waals surface area (Å²) in [5.74, 6) is 1.95. The maximum atomic E-state index is 6.18. The molecule has 0 spiro atoms. The van der Waals surface area contributed by atoms with E-state index in [1.165, 1.54) is 4.88 Å². The van der Waals surface area contributed by atoms with Crippen molar-refractivity contribution in [2.45, 2.75) is 19.6 Å². The fourth-order valence-corrected chi connectivity index (χ4v) is 4.80. The number of aromatic nitrogens is 5. The Morgan fingerprint density at radius 1 is 1.15 bits per heavy atom. The molecular weight excluding hydrogens is 374 g/mol. The molecule has 2 aliphatic heterocycles. The van der Waals surface area contributed by atoms with Gasteiger partial charge in [-0.2, -0.15) is 4.98 Å². The SMILES string of the molecule is Clc1nc(N2CCOCC2)c2sc(CN3CCn4cnnc4C3)cc2n1. The molecule has 0 radical (unpaired) electrons. The second-order valence-corrected chi connectivity index (χ2v) is 7.97. The first kappa shape index (κ1) is 16.4. The van der Waals surface area contributed by atoms with Gasteiger partial charge in [0, 0.05) is 37.6 Å². The van der Waals surface area contributed by atoms with E-state index in [4.69, 9.17) is 16.3 Å². The van der Waals surface area contributed by atoms with Crippen LogP contribution in [0.4, 0.5) is 5.82 Å². The maximum absolute atomic E-state index is 6.18. The van der Waals surface area contributed by atoms with E-state index in [0.29, 0.717) is 5.28 Å². The second kappa shape index (κ2) is 6.73. The highest BCUT2D eigenvalue weighted by Gasteiger charge is 2.21. The Labute approximate surface area is 159 Å². The quantitative estimate of drug-likeness (QED) is 0.630. The summed E-state index contributed by atoms with van der Waals surface area (Å²) in [6.07, 6.45) is 1.80. The first-order valence-electron chi connectivity index (χ1n) is 8.64. The van der Waals surface area contributed by atoms with Crippen molar-refractivity contribution in [2.75, 3.05) is 37.7 Å². The molecule has 8 nitrogen and oxygen atoms in total. The molecule has 2 aliphatic rings. The van der Waals surface area contributed by atoms with Crippen LogP contribution in [0.5, 0.6) is 0 Å². The summed E-state index contributed by atoms with van der Waals surface area (Å²) >= 11 is 7.94. The summed E-state index contributed by atoms with van der Waals surface area (Å²) in [5, 5.41) is 8.49. The Bertz CT molecular complexity index is 936. The van der Waals surface area contributed by atoms with E-state index in [2.05, 4.69) is 40.6 Å². The average Bonchev–Trinajstić information content (AvgIpc) is 3.27. The molecule has 26 heavy (non-hydrogen) atoms. The molecule has 0 aromatic carbocycles. The van der Waals surface area contributed by atoms with E-state index in [1.54, 1.807) is 17.7 Å². The second-order valence-electron chi connectivity index (χ2n) is 6.49. The molecule has 10 heteroatoms. The van der Waals surface area contributed by atoms with Gasteiger partial charge in [0.1, 0.15) is 12.2 Å². The van der Waals surface area contributed by atoms with Crippen LogP contribution in [0.15, 0.2) is 12.4 Å². The third kappa shape index (κ3) is 3.05. The molecule has 1 saturated heterocycles. The van der Waals surface area contributed by atoms with Crippen molar-refractivity contribution in [3.05, 3.63) is 28.4 Å². The minimum atomic E-state index is 0.300. The summed E-state index contributed by atoms with van der Waals surface area (Å²) in [6.45, 7) is 6.70. The Morgan fingerprint density at radius 3 is 2.92 bits per heavy atom. The van der Waals surface area contributed by atoms with E-state index >= 15 is 0 Å². The zero-order chi connectivity index (χ0) is 17.5. The zero-order valence-electron chi connectivity index (χ0n) is 14.1. The molecule has 0 saturated carbocycles. The van der Waals surface area contributed by atoms with E-state index < -0.39 is 0 Å². The molecule has 1 fully saturated rings. The van der Waals surface area contributed by atoms with Crippen molar-refractivity contribution in [3.63, 3.8) is 0 Å². The van der Waals surface area contributed by atoms with Crippen LogP contribution in [-0.2, 0) is 24.4 Å². The molecule has 0 bridgehead atoms. The Hall–Kier alpha value is -1.81. The van der Waals surface area contributed by atoms with E-state index in [9.17, 15) is 0 Å². The standard InChI is InChI=1S/C16H18ClN7OS/c17-16-19-12-7-11(8-22-1-2-24-10-18-21-13(24)9-22)26-14(12)15(20-16)23-3-5-25-6-4-23/h7,10H,1-6,8-9H2. The van der Waals surface area contributed by atoms with Gasteiger partial charge in [0.25, 0.3) is 0 Å². The van der Waals surface area contributed by atoms with Gasteiger partial charge in [-0.3, -0.25) is 4.90 Å². The minimum absolute atomic E-state index is 0.300. The number of nitrogens with zero attached hydrogens (tertiary/aromatic N) is 7. The van der Waals surface area contributed by atoms with Crippen molar-refractivity contribution >= 4 is 39.0 Å². The predicted octanol–water partition coefficient (Wildman–Crippen LogP) is 1.79. The third-order valence-electron chi connectivity index (χ3n) is 4.79. The molecule has 5 heterocycles. The minimum Gasteiger partial charge on any atom is -0.378 e. The molecule has 5 rings (SSSR count). The normalized spacial score (nSPS) is 18.4. The number of thiophene rings is 1. The summed E-state index contributed by atoms with van der Waals surface area (Å²) in [4.78, 5) is 14.8. The summed E-state index contributed by atoms with van der Waals surface area (Å²) in [7, 11) is 0. The largest absolute Gasteiger partial charge is 0.378 e. The fraction of sp³-hybridized carbons (Fsp3) is 0.500. The van der Waals surface area contributed by atoms with Crippen LogP contribution in [0, 0.1) is 0 Å². The lowest BCUT2D eigenvalue weighted by atomic mass is 10.3. The third-order valence-corrected chi connectivity index (χ3v) is 6.06. The van der Waals surface area contributed by atoms with Crippen molar-refractivity contribution < 1.29 is 4.74 Å². The molecule has 0 aliphatic carbocycles. The molecule has 0 unspecified atom stereocenters. The fourth-order valence-electron chi connectivity index (χ4n) is 3.48. The van der Waals surface area contributed by atoms with Gasteiger partial charge in [-0.05, 0) is 17.7 Å². The van der Waals surface area contributed by atoms with Gasteiger partial charge < -0.3 is 14.2 Å². The maximum Gasteiger partial charge on any atom is 0.224 e. The van der Waals surface area contributed by atoms with Crippen LogP contribution >= 0.6 is 22.9 Å². The molecular formula is C16H18ClN7OS. The van der Waals surface area contributed by atoms with Gasteiger partial charge in [-0.15, -0.1) is 21.5 Å². The Morgan fingerprint density at radius 2 is 2.04 bits per heavy atom. The average molecular weight is 392 g/mol. The lowest BCUT2D eigenvalue weighted by Gasteiger charge is -2.28. The number of morpholine rings is 1.